The zero-order valence-corrected chi connectivity index (χ0v) is 10.7. The van der Waals surface area contributed by atoms with Gasteiger partial charge in [-0.05, 0) is 39.2 Å². The Kier molecular flexibility index (Phi) is 3.93. The molecule has 98 valence electrons. The zero-order valence-electron chi connectivity index (χ0n) is 10.7. The van der Waals surface area contributed by atoms with Gasteiger partial charge in [0, 0.05) is 12.6 Å². The smallest absolute Gasteiger partial charge is 0.135 e. The van der Waals surface area contributed by atoms with E-state index in [1.54, 1.807) is 6.07 Å². The van der Waals surface area contributed by atoms with E-state index in [1.807, 2.05) is 18.7 Å². The van der Waals surface area contributed by atoms with Gasteiger partial charge in [0.05, 0.1) is 11.0 Å². The van der Waals surface area contributed by atoms with E-state index in [-0.39, 0.29) is 12.4 Å². The van der Waals surface area contributed by atoms with E-state index < -0.39 is 0 Å². The normalized spacial score (nSPS) is 11.6. The summed E-state index contributed by atoms with van der Waals surface area (Å²) in [6.45, 7) is 1.61. The summed E-state index contributed by atoms with van der Waals surface area (Å²) in [7, 11) is 4.04. The molecule has 0 saturated heterocycles. The molecule has 0 unspecified atom stereocenters. The average Bonchev–Trinajstić information content (AvgIpc) is 2.66. The summed E-state index contributed by atoms with van der Waals surface area (Å²) >= 11 is 0. The van der Waals surface area contributed by atoms with Crippen molar-refractivity contribution in [2.24, 2.45) is 0 Å². The van der Waals surface area contributed by atoms with Crippen LogP contribution in [-0.4, -0.2) is 40.2 Å². The Morgan fingerprint density at radius 3 is 2.83 bits per heavy atom. The lowest BCUT2D eigenvalue weighted by Gasteiger charge is -2.11. The SMILES string of the molecule is CN(C)CCCn1c(CO)nc2cc(F)ccc21. The molecule has 1 aromatic carbocycles. The third-order valence-corrected chi connectivity index (χ3v) is 2.92. The van der Waals surface area contributed by atoms with Crippen LogP contribution in [-0.2, 0) is 13.2 Å². The number of nitrogens with zero attached hydrogens (tertiary/aromatic N) is 3. The molecule has 0 fully saturated rings. The van der Waals surface area contributed by atoms with E-state index in [4.69, 9.17) is 0 Å². The van der Waals surface area contributed by atoms with Crippen LogP contribution >= 0.6 is 0 Å². The van der Waals surface area contributed by atoms with E-state index in [2.05, 4.69) is 9.88 Å². The molecule has 4 nitrogen and oxygen atoms in total. The molecule has 0 saturated carbocycles. The van der Waals surface area contributed by atoms with E-state index >= 15 is 0 Å². The summed E-state index contributed by atoms with van der Waals surface area (Å²) < 4.78 is 15.1. The van der Waals surface area contributed by atoms with Crippen molar-refractivity contribution in [2.45, 2.75) is 19.6 Å². The summed E-state index contributed by atoms with van der Waals surface area (Å²) in [6.07, 6.45) is 0.961. The maximum absolute atomic E-state index is 13.1. The minimum Gasteiger partial charge on any atom is -0.388 e. The predicted octanol–water partition coefficient (Wildman–Crippen LogP) is 1.62. The van der Waals surface area contributed by atoms with Crippen LogP contribution in [0, 0.1) is 5.82 Å². The second-order valence-electron chi connectivity index (χ2n) is 4.63. The van der Waals surface area contributed by atoms with Crippen molar-refractivity contribution in [3.8, 4) is 0 Å². The Bertz CT molecular complexity index is 536. The van der Waals surface area contributed by atoms with Crippen molar-refractivity contribution in [1.29, 1.82) is 0 Å². The Balaban J connectivity index is 2.29. The third-order valence-electron chi connectivity index (χ3n) is 2.92. The van der Waals surface area contributed by atoms with Crippen LogP contribution in [0.5, 0.6) is 0 Å². The highest BCUT2D eigenvalue weighted by Crippen LogP contribution is 2.18. The van der Waals surface area contributed by atoms with Crippen LogP contribution in [0.2, 0.25) is 0 Å². The number of aryl methyl sites for hydroxylation is 1. The lowest BCUT2D eigenvalue weighted by Crippen LogP contribution is -2.15. The maximum Gasteiger partial charge on any atom is 0.135 e. The van der Waals surface area contributed by atoms with E-state index in [9.17, 15) is 9.50 Å². The molecule has 0 aliphatic rings. The van der Waals surface area contributed by atoms with Crippen molar-refractivity contribution in [1.82, 2.24) is 14.5 Å². The Morgan fingerprint density at radius 2 is 2.17 bits per heavy atom. The number of aliphatic hydroxyl groups excluding tert-OH is 1. The fraction of sp³-hybridized carbons (Fsp3) is 0.462. The number of aliphatic hydroxyl groups is 1. The number of fused-ring (bicyclic) bond motifs is 1. The average molecular weight is 251 g/mol. The molecule has 18 heavy (non-hydrogen) atoms. The van der Waals surface area contributed by atoms with Gasteiger partial charge >= 0.3 is 0 Å². The summed E-state index contributed by atoms with van der Waals surface area (Å²) in [6, 6.07) is 4.54. The molecule has 0 aliphatic heterocycles. The third kappa shape index (κ3) is 2.68. The Labute approximate surface area is 106 Å². The molecule has 0 amide bonds. The van der Waals surface area contributed by atoms with Crippen LogP contribution in [0.1, 0.15) is 12.2 Å². The van der Waals surface area contributed by atoms with Crippen molar-refractivity contribution in [3.63, 3.8) is 0 Å². The van der Waals surface area contributed by atoms with Crippen LogP contribution in [0.15, 0.2) is 18.2 Å². The standard InChI is InChI=1S/C13H18FN3O/c1-16(2)6-3-7-17-12-5-4-10(14)8-11(12)15-13(17)9-18/h4-5,8,18H,3,6-7,9H2,1-2H3. The highest BCUT2D eigenvalue weighted by Gasteiger charge is 2.10. The Morgan fingerprint density at radius 1 is 1.39 bits per heavy atom. The van der Waals surface area contributed by atoms with Gasteiger partial charge in [0.15, 0.2) is 0 Å². The molecule has 5 heteroatoms. The van der Waals surface area contributed by atoms with Gasteiger partial charge < -0.3 is 14.6 Å². The van der Waals surface area contributed by atoms with Gasteiger partial charge in [0.1, 0.15) is 18.2 Å². The molecule has 0 atom stereocenters. The van der Waals surface area contributed by atoms with Crippen molar-refractivity contribution >= 4 is 11.0 Å². The van der Waals surface area contributed by atoms with Crippen LogP contribution in [0.4, 0.5) is 4.39 Å². The first-order chi connectivity index (χ1) is 8.61. The molecule has 2 aromatic rings. The minimum atomic E-state index is -0.301. The molecule has 0 aliphatic carbocycles. The highest BCUT2D eigenvalue weighted by atomic mass is 19.1. The van der Waals surface area contributed by atoms with E-state index in [0.29, 0.717) is 11.3 Å². The summed E-state index contributed by atoms with van der Waals surface area (Å²) in [5.74, 6) is 0.291. The van der Waals surface area contributed by atoms with Gasteiger partial charge in [-0.1, -0.05) is 0 Å². The largest absolute Gasteiger partial charge is 0.388 e. The van der Waals surface area contributed by atoms with Gasteiger partial charge in [-0.15, -0.1) is 0 Å². The van der Waals surface area contributed by atoms with Gasteiger partial charge in [0.2, 0.25) is 0 Å². The summed E-state index contributed by atoms with van der Waals surface area (Å²) in [5, 5.41) is 9.31. The van der Waals surface area contributed by atoms with Crippen LogP contribution < -0.4 is 0 Å². The zero-order chi connectivity index (χ0) is 13.1. The number of halogens is 1. The molecule has 1 N–H and O–H groups in total. The Hall–Kier alpha value is -1.46. The number of hydrogen-bond acceptors (Lipinski definition) is 3. The lowest BCUT2D eigenvalue weighted by molar-refractivity contribution is 0.264. The number of benzene rings is 1. The van der Waals surface area contributed by atoms with Crippen LogP contribution in [0.3, 0.4) is 0 Å². The molecule has 1 heterocycles. The number of rotatable bonds is 5. The van der Waals surface area contributed by atoms with Crippen LogP contribution in [0.25, 0.3) is 11.0 Å². The fourth-order valence-electron chi connectivity index (χ4n) is 2.07. The van der Waals surface area contributed by atoms with E-state index in [1.165, 1.54) is 12.1 Å². The first-order valence-electron chi connectivity index (χ1n) is 6.02. The molecule has 0 bridgehead atoms. The summed E-state index contributed by atoms with van der Waals surface area (Å²) in [4.78, 5) is 6.36. The minimum absolute atomic E-state index is 0.127. The second kappa shape index (κ2) is 5.46. The molecular weight excluding hydrogens is 233 g/mol. The van der Waals surface area contributed by atoms with Gasteiger partial charge in [-0.25, -0.2) is 9.37 Å². The van der Waals surface area contributed by atoms with Crippen molar-refractivity contribution in [2.75, 3.05) is 20.6 Å². The van der Waals surface area contributed by atoms with Gasteiger partial charge in [-0.3, -0.25) is 0 Å². The molecule has 1 aromatic heterocycles. The first-order valence-corrected chi connectivity index (χ1v) is 6.02. The summed E-state index contributed by atoms with van der Waals surface area (Å²) in [5.41, 5.74) is 1.48. The predicted molar refractivity (Wildman–Crippen MR) is 68.8 cm³/mol. The fourth-order valence-corrected chi connectivity index (χ4v) is 2.07. The van der Waals surface area contributed by atoms with Crippen molar-refractivity contribution in [3.05, 3.63) is 29.8 Å². The quantitative estimate of drug-likeness (QED) is 0.878. The van der Waals surface area contributed by atoms with Crippen molar-refractivity contribution < 1.29 is 9.50 Å². The van der Waals surface area contributed by atoms with E-state index in [0.717, 1.165) is 25.0 Å². The molecule has 0 spiro atoms. The first kappa shape index (κ1) is 13.0. The van der Waals surface area contributed by atoms with Gasteiger partial charge in [0.25, 0.3) is 0 Å². The number of hydrogen-bond donors (Lipinski definition) is 1. The highest BCUT2D eigenvalue weighted by molar-refractivity contribution is 5.76. The number of aromatic nitrogens is 2. The topological polar surface area (TPSA) is 41.3 Å². The molecular formula is C13H18FN3O. The maximum atomic E-state index is 13.1. The van der Waals surface area contributed by atoms with Gasteiger partial charge in [-0.2, -0.15) is 0 Å². The lowest BCUT2D eigenvalue weighted by atomic mass is 10.3. The molecule has 2 rings (SSSR count). The monoisotopic (exact) mass is 251 g/mol. The second-order valence-corrected chi connectivity index (χ2v) is 4.63. The number of imidazole rings is 1. The molecule has 0 radical (unpaired) electrons.